The van der Waals surface area contributed by atoms with E-state index in [1.165, 1.54) is 0 Å². The van der Waals surface area contributed by atoms with Crippen molar-refractivity contribution >= 4 is 21.7 Å². The van der Waals surface area contributed by atoms with Crippen molar-refractivity contribution in [2.45, 2.75) is 27.2 Å². The van der Waals surface area contributed by atoms with Gasteiger partial charge in [0.2, 0.25) is 0 Å². The molecule has 2 aromatic rings. The van der Waals surface area contributed by atoms with Crippen LogP contribution in [0.15, 0.2) is 40.9 Å². The maximum Gasteiger partial charge on any atom is 0.193 e. The molecule has 0 amide bonds. The molecule has 2 rings (SSSR count). The van der Waals surface area contributed by atoms with Gasteiger partial charge < -0.3 is 4.74 Å². The van der Waals surface area contributed by atoms with Crippen LogP contribution in [0.5, 0.6) is 5.75 Å². The molecule has 110 valence electrons. The smallest absolute Gasteiger partial charge is 0.193 e. The van der Waals surface area contributed by atoms with Crippen LogP contribution in [0.25, 0.3) is 0 Å². The molecule has 2 aromatic carbocycles. The van der Waals surface area contributed by atoms with Gasteiger partial charge >= 0.3 is 0 Å². The Kier molecular flexibility index (Phi) is 5.18. The molecule has 3 heteroatoms. The van der Waals surface area contributed by atoms with Gasteiger partial charge in [-0.1, -0.05) is 35.0 Å². The van der Waals surface area contributed by atoms with Crippen LogP contribution >= 0.6 is 15.9 Å². The van der Waals surface area contributed by atoms with Crippen LogP contribution in [0.3, 0.4) is 0 Å². The standard InChI is InChI=1S/C18H19BrO2/c1-4-8-21-15-7-5-6-14(11-15)18(20)16-9-13(3)17(19)10-12(16)2/h5-7,9-11H,4,8H2,1-3H3. The van der Waals surface area contributed by atoms with E-state index in [0.29, 0.717) is 12.2 Å². The van der Waals surface area contributed by atoms with Crippen molar-refractivity contribution in [2.75, 3.05) is 6.61 Å². The molecule has 0 aliphatic heterocycles. The van der Waals surface area contributed by atoms with E-state index in [1.807, 2.05) is 50.2 Å². The van der Waals surface area contributed by atoms with Crippen molar-refractivity contribution in [1.82, 2.24) is 0 Å². The van der Waals surface area contributed by atoms with E-state index < -0.39 is 0 Å². The number of aryl methyl sites for hydroxylation is 2. The molecule has 0 bridgehead atoms. The Balaban J connectivity index is 2.34. The summed E-state index contributed by atoms with van der Waals surface area (Å²) < 4.78 is 6.62. The van der Waals surface area contributed by atoms with E-state index in [4.69, 9.17) is 4.74 Å². The summed E-state index contributed by atoms with van der Waals surface area (Å²) in [6, 6.07) is 11.3. The third-order valence-electron chi connectivity index (χ3n) is 3.32. The van der Waals surface area contributed by atoms with E-state index in [2.05, 4.69) is 22.9 Å². The van der Waals surface area contributed by atoms with Gasteiger partial charge in [0.05, 0.1) is 6.61 Å². The van der Waals surface area contributed by atoms with Crippen molar-refractivity contribution in [3.8, 4) is 5.75 Å². The molecule has 0 saturated carbocycles. The molecule has 0 unspecified atom stereocenters. The Morgan fingerprint density at radius 1 is 1.14 bits per heavy atom. The van der Waals surface area contributed by atoms with Crippen molar-refractivity contribution < 1.29 is 9.53 Å². The highest BCUT2D eigenvalue weighted by Crippen LogP contribution is 2.24. The first-order chi connectivity index (χ1) is 10.0. The Hall–Kier alpha value is -1.61. The fraction of sp³-hybridized carbons (Fsp3) is 0.278. The van der Waals surface area contributed by atoms with Gasteiger partial charge in [-0.2, -0.15) is 0 Å². The molecule has 0 aliphatic carbocycles. The second-order valence-corrected chi connectivity index (χ2v) is 5.98. The minimum absolute atomic E-state index is 0.0325. The highest BCUT2D eigenvalue weighted by atomic mass is 79.9. The van der Waals surface area contributed by atoms with Gasteiger partial charge in [0.15, 0.2) is 5.78 Å². The minimum atomic E-state index is 0.0325. The average Bonchev–Trinajstić information content (AvgIpc) is 2.48. The summed E-state index contributed by atoms with van der Waals surface area (Å²) in [6.45, 7) is 6.66. The van der Waals surface area contributed by atoms with Crippen LogP contribution in [0.2, 0.25) is 0 Å². The summed E-state index contributed by atoms with van der Waals surface area (Å²) in [4.78, 5) is 12.7. The van der Waals surface area contributed by atoms with Gasteiger partial charge in [0.25, 0.3) is 0 Å². The van der Waals surface area contributed by atoms with Crippen LogP contribution in [0, 0.1) is 13.8 Å². The Labute approximate surface area is 134 Å². The molecule has 0 spiro atoms. The number of hydrogen-bond acceptors (Lipinski definition) is 2. The van der Waals surface area contributed by atoms with Crippen molar-refractivity contribution in [3.63, 3.8) is 0 Å². The molecular weight excluding hydrogens is 328 g/mol. The predicted octanol–water partition coefficient (Wildman–Crippen LogP) is 5.09. The number of carbonyl (C=O) groups is 1. The quantitative estimate of drug-likeness (QED) is 0.705. The molecule has 2 nitrogen and oxygen atoms in total. The molecule has 0 heterocycles. The zero-order valence-electron chi connectivity index (χ0n) is 12.6. The van der Waals surface area contributed by atoms with Crippen molar-refractivity contribution in [1.29, 1.82) is 0 Å². The number of benzene rings is 2. The molecule has 0 radical (unpaired) electrons. The Morgan fingerprint density at radius 3 is 2.62 bits per heavy atom. The summed E-state index contributed by atoms with van der Waals surface area (Å²) in [7, 11) is 0. The summed E-state index contributed by atoms with van der Waals surface area (Å²) in [5.74, 6) is 0.777. The zero-order valence-corrected chi connectivity index (χ0v) is 14.2. The maximum atomic E-state index is 12.7. The number of rotatable bonds is 5. The van der Waals surface area contributed by atoms with E-state index in [-0.39, 0.29) is 5.78 Å². The first-order valence-electron chi connectivity index (χ1n) is 7.07. The predicted molar refractivity (Wildman–Crippen MR) is 89.3 cm³/mol. The lowest BCUT2D eigenvalue weighted by molar-refractivity contribution is 0.103. The zero-order chi connectivity index (χ0) is 15.4. The number of carbonyl (C=O) groups excluding carboxylic acids is 1. The summed E-state index contributed by atoms with van der Waals surface area (Å²) in [5, 5.41) is 0. The van der Waals surface area contributed by atoms with Crippen LogP contribution in [-0.4, -0.2) is 12.4 Å². The van der Waals surface area contributed by atoms with Crippen LogP contribution in [-0.2, 0) is 0 Å². The van der Waals surface area contributed by atoms with Crippen LogP contribution in [0.1, 0.15) is 40.4 Å². The van der Waals surface area contributed by atoms with E-state index >= 15 is 0 Å². The minimum Gasteiger partial charge on any atom is -0.494 e. The van der Waals surface area contributed by atoms with Gasteiger partial charge in [-0.3, -0.25) is 4.79 Å². The van der Waals surface area contributed by atoms with E-state index in [1.54, 1.807) is 0 Å². The molecule has 0 atom stereocenters. The van der Waals surface area contributed by atoms with Gasteiger partial charge in [0.1, 0.15) is 5.75 Å². The number of ether oxygens (including phenoxy) is 1. The first kappa shape index (κ1) is 15.8. The third-order valence-corrected chi connectivity index (χ3v) is 4.17. The van der Waals surface area contributed by atoms with Crippen molar-refractivity contribution in [3.05, 3.63) is 63.1 Å². The molecule has 21 heavy (non-hydrogen) atoms. The molecule has 0 fully saturated rings. The van der Waals surface area contributed by atoms with E-state index in [9.17, 15) is 4.79 Å². The molecule has 0 N–H and O–H groups in total. The monoisotopic (exact) mass is 346 g/mol. The third kappa shape index (κ3) is 3.73. The second kappa shape index (κ2) is 6.90. The van der Waals surface area contributed by atoms with Gasteiger partial charge in [-0.25, -0.2) is 0 Å². The lowest BCUT2D eigenvalue weighted by Crippen LogP contribution is -2.05. The summed E-state index contributed by atoms with van der Waals surface area (Å²) in [5.41, 5.74) is 3.43. The second-order valence-electron chi connectivity index (χ2n) is 5.12. The average molecular weight is 347 g/mol. The topological polar surface area (TPSA) is 26.3 Å². The lowest BCUT2D eigenvalue weighted by atomic mass is 9.97. The van der Waals surface area contributed by atoms with Gasteiger partial charge in [-0.15, -0.1) is 0 Å². The number of halogens is 1. The van der Waals surface area contributed by atoms with Crippen molar-refractivity contribution in [2.24, 2.45) is 0 Å². The molecule has 0 aromatic heterocycles. The largest absolute Gasteiger partial charge is 0.494 e. The molecule has 0 aliphatic rings. The number of ketones is 1. The van der Waals surface area contributed by atoms with Crippen LogP contribution < -0.4 is 4.74 Å². The van der Waals surface area contributed by atoms with E-state index in [0.717, 1.165) is 33.3 Å². The lowest BCUT2D eigenvalue weighted by Gasteiger charge is -2.10. The van der Waals surface area contributed by atoms with Gasteiger partial charge in [0, 0.05) is 15.6 Å². The van der Waals surface area contributed by atoms with Crippen LogP contribution in [0.4, 0.5) is 0 Å². The molecule has 0 saturated heterocycles. The normalized spacial score (nSPS) is 10.5. The highest BCUT2D eigenvalue weighted by molar-refractivity contribution is 9.10. The first-order valence-corrected chi connectivity index (χ1v) is 7.86. The maximum absolute atomic E-state index is 12.7. The molecular formula is C18H19BrO2. The Morgan fingerprint density at radius 2 is 1.90 bits per heavy atom. The Bertz CT molecular complexity index is 662. The summed E-state index contributed by atoms with van der Waals surface area (Å²) >= 11 is 3.49. The van der Waals surface area contributed by atoms with Gasteiger partial charge in [-0.05, 0) is 55.7 Å². The summed E-state index contributed by atoms with van der Waals surface area (Å²) in [6.07, 6.45) is 0.948. The SMILES string of the molecule is CCCOc1cccc(C(=O)c2cc(C)c(Br)cc2C)c1. The number of hydrogen-bond donors (Lipinski definition) is 0. The fourth-order valence-corrected chi connectivity index (χ4v) is 2.59. The highest BCUT2D eigenvalue weighted by Gasteiger charge is 2.14. The fourth-order valence-electron chi connectivity index (χ4n) is 2.13.